The van der Waals surface area contributed by atoms with E-state index in [0.29, 0.717) is 0 Å². The average Bonchev–Trinajstić information content (AvgIpc) is 2.20. The molecule has 9 heavy (non-hydrogen) atoms. The summed E-state index contributed by atoms with van der Waals surface area (Å²) in [5.74, 6) is 3.50. The summed E-state index contributed by atoms with van der Waals surface area (Å²) < 4.78 is 0. The fraction of sp³-hybridized carbons (Fsp3) is 1.00. The summed E-state index contributed by atoms with van der Waals surface area (Å²) in [5, 5.41) is 0. The Kier molecular flexibility index (Phi) is 0.574. The molecule has 50 valence electrons. The maximum Gasteiger partial charge on any atom is -0.0258 e. The lowest BCUT2D eigenvalue weighted by atomic mass is 9.43. The van der Waals surface area contributed by atoms with Crippen LogP contribution in [0, 0.1) is 23.2 Å². The summed E-state index contributed by atoms with van der Waals surface area (Å²) in [6.07, 6.45) is 6.36. The summed E-state index contributed by atoms with van der Waals surface area (Å²) >= 11 is 0. The van der Waals surface area contributed by atoms with Crippen LogP contribution in [0.1, 0.15) is 32.6 Å². The third kappa shape index (κ3) is 0.320. The molecule has 4 fully saturated rings. The molecule has 0 aliphatic heterocycles. The minimum Gasteiger partial charge on any atom is -0.0622 e. The van der Waals surface area contributed by atoms with Crippen molar-refractivity contribution in [2.24, 2.45) is 23.2 Å². The van der Waals surface area contributed by atoms with Crippen molar-refractivity contribution < 1.29 is 0 Å². The topological polar surface area (TPSA) is 0 Å². The predicted molar refractivity (Wildman–Crippen MR) is 37.0 cm³/mol. The summed E-state index contributed by atoms with van der Waals surface area (Å²) in [6.45, 7) is 2.44. The van der Waals surface area contributed by atoms with Crippen molar-refractivity contribution in [2.45, 2.75) is 32.6 Å². The van der Waals surface area contributed by atoms with Gasteiger partial charge < -0.3 is 0 Å². The standard InChI is InChI=1S/C9H14/c1-6-4-9-3-2-7(5-9)8(6)9/h6-8H,2-5H2,1H3. The van der Waals surface area contributed by atoms with Gasteiger partial charge in [0.1, 0.15) is 0 Å². The van der Waals surface area contributed by atoms with Gasteiger partial charge in [0.2, 0.25) is 0 Å². The molecule has 0 nitrogen and oxygen atoms in total. The molecule has 0 aromatic rings. The van der Waals surface area contributed by atoms with Crippen LogP contribution >= 0.6 is 0 Å². The van der Waals surface area contributed by atoms with E-state index in [2.05, 4.69) is 6.92 Å². The minimum atomic E-state index is 0.948. The van der Waals surface area contributed by atoms with E-state index in [4.69, 9.17) is 0 Å². The zero-order chi connectivity index (χ0) is 6.06. The highest BCUT2D eigenvalue weighted by atomic mass is 14.7. The van der Waals surface area contributed by atoms with Crippen LogP contribution in [-0.4, -0.2) is 0 Å². The van der Waals surface area contributed by atoms with Crippen LogP contribution < -0.4 is 0 Å². The van der Waals surface area contributed by atoms with Gasteiger partial charge in [-0.15, -0.1) is 0 Å². The Balaban J connectivity index is 1.97. The Morgan fingerprint density at radius 2 is 2.22 bits per heavy atom. The molecular formula is C9H14. The fourth-order valence-electron chi connectivity index (χ4n) is 4.15. The van der Waals surface area contributed by atoms with E-state index >= 15 is 0 Å². The molecule has 4 aliphatic carbocycles. The molecule has 4 aliphatic rings. The Morgan fingerprint density at radius 1 is 1.33 bits per heavy atom. The van der Waals surface area contributed by atoms with Gasteiger partial charge >= 0.3 is 0 Å². The lowest BCUT2D eigenvalue weighted by Gasteiger charge is -2.61. The molecule has 0 aromatic heterocycles. The molecule has 0 amide bonds. The van der Waals surface area contributed by atoms with Crippen LogP contribution in [0.15, 0.2) is 0 Å². The van der Waals surface area contributed by atoms with E-state index in [0.717, 1.165) is 11.3 Å². The van der Waals surface area contributed by atoms with Crippen molar-refractivity contribution in [1.82, 2.24) is 0 Å². The molecule has 0 heteroatoms. The molecular weight excluding hydrogens is 108 g/mol. The van der Waals surface area contributed by atoms with Crippen molar-refractivity contribution in [1.29, 1.82) is 0 Å². The van der Waals surface area contributed by atoms with Crippen LogP contribution in [0.5, 0.6) is 0 Å². The molecule has 2 bridgehead atoms. The number of fused-ring (bicyclic) bond motifs is 1. The molecule has 4 unspecified atom stereocenters. The third-order valence-electron chi connectivity index (χ3n) is 4.24. The Hall–Kier alpha value is 0. The Bertz CT molecular complexity index is 157. The van der Waals surface area contributed by atoms with E-state index in [-0.39, 0.29) is 0 Å². The van der Waals surface area contributed by atoms with Crippen molar-refractivity contribution in [3.63, 3.8) is 0 Å². The predicted octanol–water partition coefficient (Wildman–Crippen LogP) is 2.44. The monoisotopic (exact) mass is 122 g/mol. The summed E-state index contributed by atoms with van der Waals surface area (Å²) in [5.41, 5.74) is 0.948. The molecule has 1 spiro atoms. The van der Waals surface area contributed by atoms with E-state index in [1.54, 1.807) is 25.7 Å². The van der Waals surface area contributed by atoms with Gasteiger partial charge in [0.25, 0.3) is 0 Å². The minimum absolute atomic E-state index is 0.948. The summed E-state index contributed by atoms with van der Waals surface area (Å²) in [4.78, 5) is 0. The lowest BCUT2D eigenvalue weighted by molar-refractivity contribution is -0.124. The van der Waals surface area contributed by atoms with E-state index in [9.17, 15) is 0 Å². The molecule has 4 saturated carbocycles. The molecule has 0 aromatic carbocycles. The second-order valence-corrected chi connectivity index (χ2v) is 4.57. The number of rotatable bonds is 0. The zero-order valence-electron chi connectivity index (χ0n) is 6.06. The third-order valence-corrected chi connectivity index (χ3v) is 4.24. The first-order valence-electron chi connectivity index (χ1n) is 4.32. The van der Waals surface area contributed by atoms with Gasteiger partial charge in [-0.3, -0.25) is 0 Å². The SMILES string of the molecule is CC1CC23CCC(C2)C13. The van der Waals surface area contributed by atoms with Crippen molar-refractivity contribution in [3.05, 3.63) is 0 Å². The van der Waals surface area contributed by atoms with E-state index in [1.807, 2.05) is 0 Å². The maximum atomic E-state index is 2.44. The Labute approximate surface area is 56.6 Å². The highest BCUT2D eigenvalue weighted by Crippen LogP contribution is 2.75. The largest absolute Gasteiger partial charge is 0.0622 e. The van der Waals surface area contributed by atoms with Crippen LogP contribution in [0.25, 0.3) is 0 Å². The maximum absolute atomic E-state index is 2.44. The van der Waals surface area contributed by atoms with Crippen LogP contribution in [-0.2, 0) is 0 Å². The van der Waals surface area contributed by atoms with Crippen LogP contribution in [0.4, 0.5) is 0 Å². The molecule has 4 atom stereocenters. The first-order chi connectivity index (χ1) is 4.32. The van der Waals surface area contributed by atoms with Gasteiger partial charge in [0.15, 0.2) is 0 Å². The molecule has 0 N–H and O–H groups in total. The van der Waals surface area contributed by atoms with Crippen LogP contribution in [0.2, 0.25) is 0 Å². The highest BCUT2D eigenvalue weighted by Gasteiger charge is 2.66. The van der Waals surface area contributed by atoms with Gasteiger partial charge in [-0.05, 0) is 48.9 Å². The molecule has 0 radical (unpaired) electrons. The van der Waals surface area contributed by atoms with Crippen LogP contribution in [0.3, 0.4) is 0 Å². The van der Waals surface area contributed by atoms with Gasteiger partial charge in [-0.1, -0.05) is 6.92 Å². The lowest BCUT2D eigenvalue weighted by Crippen LogP contribution is -2.54. The summed E-state index contributed by atoms with van der Waals surface area (Å²) in [7, 11) is 0. The van der Waals surface area contributed by atoms with E-state index in [1.165, 1.54) is 11.8 Å². The second-order valence-electron chi connectivity index (χ2n) is 4.57. The number of hydrogen-bond acceptors (Lipinski definition) is 0. The van der Waals surface area contributed by atoms with Gasteiger partial charge in [-0.25, -0.2) is 0 Å². The fourth-order valence-corrected chi connectivity index (χ4v) is 4.15. The Morgan fingerprint density at radius 3 is 2.67 bits per heavy atom. The van der Waals surface area contributed by atoms with Gasteiger partial charge in [0, 0.05) is 0 Å². The molecule has 4 rings (SSSR count). The normalized spacial score (nSPS) is 68.3. The zero-order valence-corrected chi connectivity index (χ0v) is 6.06. The van der Waals surface area contributed by atoms with Gasteiger partial charge in [0.05, 0.1) is 0 Å². The molecule has 0 saturated heterocycles. The average molecular weight is 122 g/mol. The first-order valence-corrected chi connectivity index (χ1v) is 4.32. The van der Waals surface area contributed by atoms with Crippen molar-refractivity contribution >= 4 is 0 Å². The summed E-state index contributed by atoms with van der Waals surface area (Å²) in [6, 6.07) is 0. The van der Waals surface area contributed by atoms with Crippen molar-refractivity contribution in [3.8, 4) is 0 Å². The smallest absolute Gasteiger partial charge is 0.0258 e. The van der Waals surface area contributed by atoms with Gasteiger partial charge in [-0.2, -0.15) is 0 Å². The first kappa shape index (κ1) is 4.76. The highest BCUT2D eigenvalue weighted by molar-refractivity contribution is 5.16. The quantitative estimate of drug-likeness (QED) is 0.463. The van der Waals surface area contributed by atoms with Crippen molar-refractivity contribution in [2.75, 3.05) is 0 Å². The number of hydrogen-bond donors (Lipinski definition) is 0. The second kappa shape index (κ2) is 1.09. The van der Waals surface area contributed by atoms with E-state index < -0.39 is 0 Å². The molecule has 0 heterocycles.